The summed E-state index contributed by atoms with van der Waals surface area (Å²) >= 11 is 1.74. The predicted molar refractivity (Wildman–Crippen MR) is 79.9 cm³/mol. The van der Waals surface area contributed by atoms with E-state index in [-0.39, 0.29) is 0 Å². The number of aryl methyl sites for hydroxylation is 2. The normalized spacial score (nSPS) is 10.8. The number of pyridine rings is 1. The molecule has 0 fully saturated rings. The first-order valence-electron chi connectivity index (χ1n) is 6.27. The molecule has 0 aliphatic carbocycles. The average molecular weight is 269 g/mol. The highest BCUT2D eigenvalue weighted by atomic mass is 32.1. The molecule has 0 radical (unpaired) electrons. The van der Waals surface area contributed by atoms with Crippen LogP contribution in [-0.2, 0) is 6.61 Å². The fourth-order valence-electron chi connectivity index (χ4n) is 2.14. The van der Waals surface area contributed by atoms with Crippen molar-refractivity contribution in [2.75, 3.05) is 0 Å². The van der Waals surface area contributed by atoms with Gasteiger partial charge in [0.2, 0.25) is 5.88 Å². The predicted octanol–water partition coefficient (Wildman–Crippen LogP) is 4.49. The summed E-state index contributed by atoms with van der Waals surface area (Å²) in [7, 11) is 0. The Morgan fingerprint density at radius 1 is 1.11 bits per heavy atom. The van der Waals surface area contributed by atoms with E-state index in [2.05, 4.69) is 35.5 Å². The fraction of sp³-hybridized carbons (Fsp3) is 0.188. The number of hydrogen-bond donors (Lipinski definition) is 0. The summed E-state index contributed by atoms with van der Waals surface area (Å²) < 4.78 is 7.15. The lowest BCUT2D eigenvalue weighted by Gasteiger charge is -2.10. The molecule has 0 aliphatic rings. The highest BCUT2D eigenvalue weighted by Gasteiger charge is 2.10. The number of benzene rings is 1. The maximum atomic E-state index is 5.88. The third-order valence-corrected chi connectivity index (χ3v) is 4.24. The first kappa shape index (κ1) is 12.2. The number of hydrogen-bond acceptors (Lipinski definition) is 3. The Labute approximate surface area is 116 Å². The molecule has 0 atom stereocenters. The molecule has 0 saturated heterocycles. The van der Waals surface area contributed by atoms with Crippen LogP contribution in [0, 0.1) is 13.8 Å². The van der Waals surface area contributed by atoms with Crippen molar-refractivity contribution >= 4 is 21.4 Å². The Hall–Kier alpha value is -1.87. The Balaban J connectivity index is 1.91. The standard InChI is InChI=1S/C16H15NOS/c1-11-15-14(8-9-19-15)12(2)17-16(11)18-10-13-6-4-3-5-7-13/h3-9H,10H2,1-2H3. The quantitative estimate of drug-likeness (QED) is 0.698. The molecule has 0 bridgehead atoms. The van der Waals surface area contributed by atoms with Crippen LogP contribution < -0.4 is 4.74 Å². The lowest BCUT2D eigenvalue weighted by molar-refractivity contribution is 0.292. The van der Waals surface area contributed by atoms with Gasteiger partial charge in [0, 0.05) is 15.6 Å². The molecular weight excluding hydrogens is 254 g/mol. The van der Waals surface area contributed by atoms with Gasteiger partial charge in [-0.2, -0.15) is 0 Å². The molecule has 3 rings (SSSR count). The number of ether oxygens (including phenoxy) is 1. The summed E-state index contributed by atoms with van der Waals surface area (Å²) in [5, 5.41) is 3.34. The Kier molecular flexibility index (Phi) is 3.22. The van der Waals surface area contributed by atoms with Crippen LogP contribution in [-0.4, -0.2) is 4.98 Å². The SMILES string of the molecule is Cc1nc(OCc2ccccc2)c(C)c2sccc12. The molecule has 3 aromatic rings. The molecule has 3 heteroatoms. The minimum absolute atomic E-state index is 0.561. The minimum Gasteiger partial charge on any atom is -0.473 e. The van der Waals surface area contributed by atoms with Gasteiger partial charge in [-0.25, -0.2) is 4.98 Å². The van der Waals surface area contributed by atoms with E-state index < -0.39 is 0 Å². The summed E-state index contributed by atoms with van der Waals surface area (Å²) in [6, 6.07) is 12.3. The minimum atomic E-state index is 0.561. The summed E-state index contributed by atoms with van der Waals surface area (Å²) in [5.74, 6) is 0.747. The molecule has 96 valence electrons. The van der Waals surface area contributed by atoms with E-state index in [4.69, 9.17) is 4.74 Å². The van der Waals surface area contributed by atoms with Crippen molar-refractivity contribution in [2.24, 2.45) is 0 Å². The first-order chi connectivity index (χ1) is 9.25. The number of thiophene rings is 1. The largest absolute Gasteiger partial charge is 0.473 e. The molecule has 0 unspecified atom stereocenters. The van der Waals surface area contributed by atoms with E-state index in [1.165, 1.54) is 10.1 Å². The van der Waals surface area contributed by atoms with Crippen LogP contribution in [0.1, 0.15) is 16.8 Å². The van der Waals surface area contributed by atoms with E-state index >= 15 is 0 Å². The molecule has 0 saturated carbocycles. The second-order valence-corrected chi connectivity index (χ2v) is 5.48. The van der Waals surface area contributed by atoms with E-state index in [0.29, 0.717) is 6.61 Å². The van der Waals surface area contributed by atoms with Crippen LogP contribution >= 0.6 is 11.3 Å². The maximum Gasteiger partial charge on any atom is 0.218 e. The second kappa shape index (κ2) is 5.02. The molecule has 1 aromatic carbocycles. The van der Waals surface area contributed by atoms with Crippen LogP contribution in [0.25, 0.3) is 10.1 Å². The number of rotatable bonds is 3. The van der Waals surface area contributed by atoms with Gasteiger partial charge in [0.05, 0.1) is 5.69 Å². The molecule has 0 N–H and O–H groups in total. The van der Waals surface area contributed by atoms with Crippen molar-refractivity contribution in [1.82, 2.24) is 4.98 Å². The highest BCUT2D eigenvalue weighted by molar-refractivity contribution is 7.17. The van der Waals surface area contributed by atoms with E-state index in [0.717, 1.165) is 22.7 Å². The van der Waals surface area contributed by atoms with Gasteiger partial charge in [-0.05, 0) is 30.9 Å². The summed E-state index contributed by atoms with van der Waals surface area (Å²) in [6.45, 7) is 4.67. The number of aromatic nitrogens is 1. The van der Waals surface area contributed by atoms with Gasteiger partial charge in [0.15, 0.2) is 0 Å². The Bertz CT molecular complexity index is 703. The Morgan fingerprint density at radius 2 is 1.89 bits per heavy atom. The summed E-state index contributed by atoms with van der Waals surface area (Å²) in [5.41, 5.74) is 3.32. The van der Waals surface area contributed by atoms with Crippen molar-refractivity contribution in [3.63, 3.8) is 0 Å². The van der Waals surface area contributed by atoms with Gasteiger partial charge in [0.1, 0.15) is 6.61 Å². The molecule has 2 aromatic heterocycles. The number of fused-ring (bicyclic) bond motifs is 1. The molecule has 2 heterocycles. The van der Waals surface area contributed by atoms with E-state index in [1.54, 1.807) is 11.3 Å². The molecule has 0 aliphatic heterocycles. The third kappa shape index (κ3) is 2.34. The number of nitrogens with zero attached hydrogens (tertiary/aromatic N) is 1. The first-order valence-corrected chi connectivity index (χ1v) is 7.15. The lowest BCUT2D eigenvalue weighted by Crippen LogP contribution is -2.00. The molecule has 0 amide bonds. The van der Waals surface area contributed by atoms with Crippen molar-refractivity contribution in [1.29, 1.82) is 0 Å². The van der Waals surface area contributed by atoms with Crippen molar-refractivity contribution in [3.05, 3.63) is 58.6 Å². The molecular formula is C16H15NOS. The average Bonchev–Trinajstić information content (AvgIpc) is 2.92. The van der Waals surface area contributed by atoms with E-state index in [1.807, 2.05) is 25.1 Å². The smallest absolute Gasteiger partial charge is 0.218 e. The summed E-state index contributed by atoms with van der Waals surface area (Å²) in [4.78, 5) is 4.57. The van der Waals surface area contributed by atoms with Gasteiger partial charge >= 0.3 is 0 Å². The monoisotopic (exact) mass is 269 g/mol. The zero-order valence-corrected chi connectivity index (χ0v) is 11.8. The van der Waals surface area contributed by atoms with E-state index in [9.17, 15) is 0 Å². The zero-order chi connectivity index (χ0) is 13.2. The van der Waals surface area contributed by atoms with Crippen molar-refractivity contribution in [2.45, 2.75) is 20.5 Å². The van der Waals surface area contributed by atoms with Crippen molar-refractivity contribution in [3.8, 4) is 5.88 Å². The molecule has 0 spiro atoms. The third-order valence-electron chi connectivity index (χ3n) is 3.20. The van der Waals surface area contributed by atoms with Crippen LogP contribution in [0.2, 0.25) is 0 Å². The van der Waals surface area contributed by atoms with Crippen LogP contribution in [0.5, 0.6) is 5.88 Å². The highest BCUT2D eigenvalue weighted by Crippen LogP contribution is 2.31. The van der Waals surface area contributed by atoms with Gasteiger partial charge in [-0.3, -0.25) is 0 Å². The van der Waals surface area contributed by atoms with Crippen LogP contribution in [0.4, 0.5) is 0 Å². The maximum absolute atomic E-state index is 5.88. The topological polar surface area (TPSA) is 22.1 Å². The van der Waals surface area contributed by atoms with Gasteiger partial charge < -0.3 is 4.74 Å². The van der Waals surface area contributed by atoms with Gasteiger partial charge in [0.25, 0.3) is 0 Å². The Morgan fingerprint density at radius 3 is 2.68 bits per heavy atom. The van der Waals surface area contributed by atoms with Crippen LogP contribution in [0.15, 0.2) is 41.8 Å². The summed E-state index contributed by atoms with van der Waals surface area (Å²) in [6.07, 6.45) is 0. The van der Waals surface area contributed by atoms with Gasteiger partial charge in [-0.1, -0.05) is 30.3 Å². The fourth-order valence-corrected chi connectivity index (χ4v) is 3.09. The zero-order valence-electron chi connectivity index (χ0n) is 11.0. The molecule has 19 heavy (non-hydrogen) atoms. The van der Waals surface area contributed by atoms with Crippen LogP contribution in [0.3, 0.4) is 0 Å². The second-order valence-electron chi connectivity index (χ2n) is 4.57. The lowest BCUT2D eigenvalue weighted by atomic mass is 10.2. The van der Waals surface area contributed by atoms with Crippen molar-refractivity contribution < 1.29 is 4.74 Å². The molecule has 2 nitrogen and oxygen atoms in total. The van der Waals surface area contributed by atoms with Gasteiger partial charge in [-0.15, -0.1) is 11.3 Å².